The van der Waals surface area contributed by atoms with Gasteiger partial charge in [-0.1, -0.05) is 0 Å². The molecule has 9 aliphatic rings. The third-order valence-corrected chi connectivity index (χ3v) is 13.2. The molecule has 6 bridgehead atoms. The van der Waals surface area contributed by atoms with E-state index in [1.54, 1.807) is 0 Å². The Morgan fingerprint density at radius 2 is 0.641 bits per heavy atom. The van der Waals surface area contributed by atoms with Crippen LogP contribution in [0.15, 0.2) is 0 Å². The van der Waals surface area contributed by atoms with Gasteiger partial charge >= 0.3 is 0 Å². The lowest BCUT2D eigenvalue weighted by molar-refractivity contribution is -0.380. The predicted molar refractivity (Wildman–Crippen MR) is 189 cm³/mol. The number of hydrogen-bond donors (Lipinski definition) is 14. The van der Waals surface area contributed by atoms with Crippen LogP contribution in [0.1, 0.15) is 0 Å². The van der Waals surface area contributed by atoms with Crippen LogP contribution in [-0.2, 0) is 66.3 Å². The third kappa shape index (κ3) is 8.54. The van der Waals surface area contributed by atoms with Gasteiger partial charge in [0.05, 0.1) is 39.6 Å². The van der Waals surface area contributed by atoms with Crippen molar-refractivity contribution < 1.29 is 138 Å². The maximum absolute atomic E-state index is 11.5. The molecule has 30 atom stereocenters. The Labute approximate surface area is 361 Å². The van der Waals surface area contributed by atoms with E-state index in [1.165, 1.54) is 0 Å². The Kier molecular flexibility index (Phi) is 14.5. The SMILES string of the molecule is OCC1OC(O)C(O)C(OC2OC3COC(C2O)C3OC2OC(CO)C(O)C(OC3OC4COC(C3O)C4OC3OC(CO)C(O)C(OC4OC5COC(C5O)C4O)C3O)C2O)C1O. The molecule has 9 saturated heterocycles. The minimum absolute atomic E-state index is 0.0399. The number of hydrogen-bond acceptors (Lipinski definition) is 28. The number of rotatable bonds is 13. The third-order valence-electron chi connectivity index (χ3n) is 13.2. The quantitative estimate of drug-likeness (QED) is 0.0815. The standard InChI is InChI=1S/C36H56O28/c37-1-7-13(40)26(17(44)31(50)54-7)62-35-21(48)29-23(11(58-35)5-52-29)60-34-20(47)28(15(42)9(3-39)56-34)64-36-22(49)30-24(12(59-36)6-53-30)61-33-19(46)27(14(41)8(2-38)55-33)63-32-18(45)25-16(43)10(57-32)4-51-25/h7-50H,1-6H2. The first-order valence-electron chi connectivity index (χ1n) is 21.0. The molecule has 28 nitrogen and oxygen atoms in total. The molecule has 64 heavy (non-hydrogen) atoms. The molecule has 0 aromatic carbocycles. The van der Waals surface area contributed by atoms with E-state index in [9.17, 15) is 71.5 Å². The van der Waals surface area contributed by atoms with Crippen LogP contribution in [-0.4, -0.2) is 295 Å². The van der Waals surface area contributed by atoms with Crippen molar-refractivity contribution >= 4 is 0 Å². The lowest BCUT2D eigenvalue weighted by Gasteiger charge is -2.48. The highest BCUT2D eigenvalue weighted by Crippen LogP contribution is 2.41. The zero-order chi connectivity index (χ0) is 45.5. The van der Waals surface area contributed by atoms with E-state index in [2.05, 4.69) is 0 Å². The van der Waals surface area contributed by atoms with Crippen LogP contribution in [0.3, 0.4) is 0 Å². The van der Waals surface area contributed by atoms with Crippen molar-refractivity contribution in [2.75, 3.05) is 39.6 Å². The number of aliphatic hydroxyl groups is 14. The van der Waals surface area contributed by atoms with E-state index in [4.69, 9.17) is 66.3 Å². The van der Waals surface area contributed by atoms with Crippen LogP contribution >= 0.6 is 0 Å². The average Bonchev–Trinajstić information content (AvgIpc) is 3.87. The highest BCUT2D eigenvalue weighted by atomic mass is 16.8. The van der Waals surface area contributed by atoms with Gasteiger partial charge in [-0.05, 0) is 0 Å². The van der Waals surface area contributed by atoms with Gasteiger partial charge in [0.1, 0.15) is 146 Å². The largest absolute Gasteiger partial charge is 0.394 e. The molecule has 0 saturated carbocycles. The van der Waals surface area contributed by atoms with Crippen LogP contribution in [0.25, 0.3) is 0 Å². The minimum atomic E-state index is -1.88. The van der Waals surface area contributed by atoms with Crippen molar-refractivity contribution in [1.29, 1.82) is 0 Å². The van der Waals surface area contributed by atoms with E-state index in [0.29, 0.717) is 0 Å². The molecule has 0 spiro atoms. The van der Waals surface area contributed by atoms with Gasteiger partial charge in [-0.15, -0.1) is 0 Å². The Bertz CT molecular complexity index is 1560. The highest BCUT2D eigenvalue weighted by molar-refractivity contribution is 5.03. The zero-order valence-corrected chi connectivity index (χ0v) is 33.5. The van der Waals surface area contributed by atoms with Gasteiger partial charge in [-0.2, -0.15) is 0 Å². The molecule has 0 radical (unpaired) electrons. The predicted octanol–water partition coefficient (Wildman–Crippen LogP) is -11.0. The Hall–Kier alpha value is -1.12. The molecule has 9 heterocycles. The van der Waals surface area contributed by atoms with E-state index < -0.39 is 204 Å². The van der Waals surface area contributed by atoms with Gasteiger partial charge in [0, 0.05) is 0 Å². The van der Waals surface area contributed by atoms with Crippen LogP contribution in [0.2, 0.25) is 0 Å². The molecule has 9 aliphatic heterocycles. The summed E-state index contributed by atoms with van der Waals surface area (Å²) in [6.07, 6.45) is -44.4. The molecule has 368 valence electrons. The molecule has 14 N–H and O–H groups in total. The molecule has 30 unspecified atom stereocenters. The lowest BCUT2D eigenvalue weighted by Crippen LogP contribution is -2.66. The lowest BCUT2D eigenvalue weighted by atomic mass is 9.96. The van der Waals surface area contributed by atoms with E-state index in [-0.39, 0.29) is 19.8 Å². The summed E-state index contributed by atoms with van der Waals surface area (Å²) in [5, 5.41) is 149. The van der Waals surface area contributed by atoms with Crippen molar-refractivity contribution in [2.45, 2.75) is 184 Å². The maximum Gasteiger partial charge on any atom is 0.187 e. The molecule has 9 fully saturated rings. The summed E-state index contributed by atoms with van der Waals surface area (Å²) in [7, 11) is 0. The molecule has 9 rings (SSSR count). The molecular formula is C36H56O28. The van der Waals surface area contributed by atoms with Gasteiger partial charge in [-0.25, -0.2) is 0 Å². The first kappa shape index (κ1) is 47.9. The number of aliphatic hydroxyl groups excluding tert-OH is 14. The smallest absolute Gasteiger partial charge is 0.187 e. The molecular weight excluding hydrogens is 880 g/mol. The summed E-state index contributed by atoms with van der Waals surface area (Å²) in [6, 6.07) is 0. The van der Waals surface area contributed by atoms with Crippen molar-refractivity contribution in [3.05, 3.63) is 0 Å². The Morgan fingerprint density at radius 1 is 0.312 bits per heavy atom. The second-order valence-electron chi connectivity index (χ2n) is 17.1. The highest BCUT2D eigenvalue weighted by Gasteiger charge is 2.61. The van der Waals surface area contributed by atoms with E-state index in [1.807, 2.05) is 0 Å². The molecule has 28 heteroatoms. The summed E-state index contributed by atoms with van der Waals surface area (Å²) in [5.74, 6) is 0. The molecule has 0 amide bonds. The Morgan fingerprint density at radius 3 is 1.08 bits per heavy atom. The average molecular weight is 937 g/mol. The first-order valence-corrected chi connectivity index (χ1v) is 21.0. The second-order valence-corrected chi connectivity index (χ2v) is 17.1. The Balaban J connectivity index is 0.831. The van der Waals surface area contributed by atoms with Crippen LogP contribution < -0.4 is 0 Å². The summed E-state index contributed by atoms with van der Waals surface area (Å²) < 4.78 is 80.0. The molecule has 0 aromatic heterocycles. The monoisotopic (exact) mass is 936 g/mol. The van der Waals surface area contributed by atoms with E-state index >= 15 is 0 Å². The van der Waals surface area contributed by atoms with E-state index in [0.717, 1.165) is 0 Å². The second kappa shape index (κ2) is 19.3. The van der Waals surface area contributed by atoms with Gasteiger partial charge < -0.3 is 138 Å². The van der Waals surface area contributed by atoms with Crippen LogP contribution in [0.4, 0.5) is 0 Å². The van der Waals surface area contributed by atoms with Crippen molar-refractivity contribution in [1.82, 2.24) is 0 Å². The fraction of sp³-hybridized carbons (Fsp3) is 1.00. The van der Waals surface area contributed by atoms with Gasteiger partial charge in [-0.3, -0.25) is 0 Å². The normalized spacial score (nSPS) is 57.3. The van der Waals surface area contributed by atoms with Gasteiger partial charge in [0.15, 0.2) is 37.7 Å². The van der Waals surface area contributed by atoms with Crippen molar-refractivity contribution in [3.8, 4) is 0 Å². The number of ether oxygens (including phenoxy) is 14. The van der Waals surface area contributed by atoms with Crippen LogP contribution in [0, 0.1) is 0 Å². The zero-order valence-electron chi connectivity index (χ0n) is 33.5. The van der Waals surface area contributed by atoms with Crippen molar-refractivity contribution in [2.24, 2.45) is 0 Å². The fourth-order valence-corrected chi connectivity index (χ4v) is 9.61. The maximum atomic E-state index is 11.5. The summed E-state index contributed by atoms with van der Waals surface area (Å²) in [4.78, 5) is 0. The minimum Gasteiger partial charge on any atom is -0.394 e. The van der Waals surface area contributed by atoms with Crippen LogP contribution in [0.5, 0.6) is 0 Å². The van der Waals surface area contributed by atoms with Gasteiger partial charge in [0.2, 0.25) is 0 Å². The summed E-state index contributed by atoms with van der Waals surface area (Å²) in [5.41, 5.74) is 0. The van der Waals surface area contributed by atoms with Crippen molar-refractivity contribution in [3.63, 3.8) is 0 Å². The molecule has 0 aromatic rings. The summed E-state index contributed by atoms with van der Waals surface area (Å²) in [6.45, 7) is -2.74. The first-order chi connectivity index (χ1) is 30.6. The van der Waals surface area contributed by atoms with Gasteiger partial charge in [0.25, 0.3) is 0 Å². The topological polar surface area (TPSA) is 412 Å². The fourth-order valence-electron chi connectivity index (χ4n) is 9.61. The number of fused-ring (bicyclic) bond motifs is 6. The molecule has 0 aliphatic carbocycles. The summed E-state index contributed by atoms with van der Waals surface area (Å²) >= 11 is 0.